The van der Waals surface area contributed by atoms with Crippen LogP contribution < -0.4 is 10.6 Å². The van der Waals surface area contributed by atoms with Crippen LogP contribution in [-0.2, 0) is 6.54 Å². The summed E-state index contributed by atoms with van der Waals surface area (Å²) in [6.45, 7) is 6.34. The number of aromatic nitrogens is 2. The third-order valence-electron chi connectivity index (χ3n) is 3.04. The third kappa shape index (κ3) is 3.65. The van der Waals surface area contributed by atoms with Gasteiger partial charge in [-0.05, 0) is 37.5 Å². The summed E-state index contributed by atoms with van der Waals surface area (Å²) in [4.78, 5) is 7.89. The Morgan fingerprint density at radius 3 is 2.38 bits per heavy atom. The number of halogens is 2. The first kappa shape index (κ1) is 15.2. The molecule has 0 aliphatic heterocycles. The van der Waals surface area contributed by atoms with E-state index in [4.69, 9.17) is 0 Å². The highest BCUT2D eigenvalue weighted by atomic mass is 19.1. The maximum absolute atomic E-state index is 13.7. The predicted molar refractivity (Wildman–Crippen MR) is 79.4 cm³/mol. The number of rotatable bonds is 5. The highest BCUT2D eigenvalue weighted by Gasteiger charge is 2.08. The van der Waals surface area contributed by atoms with Crippen LogP contribution in [-0.4, -0.2) is 16.5 Å². The molecular formula is C15H18F2N4. The molecule has 2 aromatic rings. The molecule has 0 aliphatic carbocycles. The standard InChI is InChI=1S/C15H18F2N4/c1-4-18-15-20-8-12(16)14(21-15)19-7-11-5-9(2)13(17)10(3)6-11/h5-6,8H,4,7H2,1-3H3,(H2,18,19,20,21). The molecular weight excluding hydrogens is 274 g/mol. The van der Waals surface area contributed by atoms with Crippen LogP contribution in [0.2, 0.25) is 0 Å². The average molecular weight is 292 g/mol. The quantitative estimate of drug-likeness (QED) is 0.886. The van der Waals surface area contributed by atoms with Gasteiger partial charge >= 0.3 is 0 Å². The van der Waals surface area contributed by atoms with Crippen LogP contribution in [0.5, 0.6) is 0 Å². The first-order chi connectivity index (χ1) is 10.0. The zero-order valence-electron chi connectivity index (χ0n) is 12.3. The number of hydrogen-bond donors (Lipinski definition) is 2. The summed E-state index contributed by atoms with van der Waals surface area (Å²) in [5.74, 6) is -0.234. The first-order valence-electron chi connectivity index (χ1n) is 6.77. The summed E-state index contributed by atoms with van der Waals surface area (Å²) < 4.78 is 27.2. The van der Waals surface area contributed by atoms with Crippen LogP contribution in [0.15, 0.2) is 18.3 Å². The smallest absolute Gasteiger partial charge is 0.224 e. The minimum absolute atomic E-state index is 0.126. The fourth-order valence-electron chi connectivity index (χ4n) is 2.06. The Morgan fingerprint density at radius 2 is 1.76 bits per heavy atom. The van der Waals surface area contributed by atoms with E-state index in [0.717, 1.165) is 11.8 Å². The number of benzene rings is 1. The van der Waals surface area contributed by atoms with Crippen LogP contribution in [0.25, 0.3) is 0 Å². The van der Waals surface area contributed by atoms with Crippen LogP contribution in [0.4, 0.5) is 20.5 Å². The molecule has 4 nitrogen and oxygen atoms in total. The van der Waals surface area contributed by atoms with Gasteiger partial charge in [-0.3, -0.25) is 0 Å². The Morgan fingerprint density at radius 1 is 1.10 bits per heavy atom. The molecule has 0 amide bonds. The van der Waals surface area contributed by atoms with E-state index < -0.39 is 5.82 Å². The minimum atomic E-state index is -0.521. The molecule has 0 spiro atoms. The molecule has 0 fully saturated rings. The molecule has 6 heteroatoms. The second kappa shape index (κ2) is 6.47. The molecule has 112 valence electrons. The van der Waals surface area contributed by atoms with Crippen molar-refractivity contribution in [3.8, 4) is 0 Å². The maximum atomic E-state index is 13.7. The summed E-state index contributed by atoms with van der Waals surface area (Å²) in [6, 6.07) is 3.47. The van der Waals surface area contributed by atoms with E-state index in [1.807, 2.05) is 6.92 Å². The van der Waals surface area contributed by atoms with E-state index in [-0.39, 0.29) is 11.6 Å². The summed E-state index contributed by atoms with van der Waals surface area (Å²) in [7, 11) is 0. The molecule has 21 heavy (non-hydrogen) atoms. The van der Waals surface area contributed by atoms with Gasteiger partial charge in [0.1, 0.15) is 5.82 Å². The molecule has 1 aromatic heterocycles. The van der Waals surface area contributed by atoms with Crippen molar-refractivity contribution >= 4 is 11.8 Å². The Hall–Kier alpha value is -2.24. The van der Waals surface area contributed by atoms with Crippen molar-refractivity contribution < 1.29 is 8.78 Å². The molecule has 0 bridgehead atoms. The summed E-state index contributed by atoms with van der Waals surface area (Å²) in [6.07, 6.45) is 1.12. The molecule has 1 heterocycles. The fourth-order valence-corrected chi connectivity index (χ4v) is 2.06. The molecule has 0 unspecified atom stereocenters. The van der Waals surface area contributed by atoms with Crippen molar-refractivity contribution in [3.05, 3.63) is 46.7 Å². The highest BCUT2D eigenvalue weighted by Crippen LogP contribution is 2.17. The minimum Gasteiger partial charge on any atom is -0.363 e. The molecule has 0 atom stereocenters. The van der Waals surface area contributed by atoms with Gasteiger partial charge in [0.05, 0.1) is 6.20 Å². The molecule has 1 aromatic carbocycles. The van der Waals surface area contributed by atoms with Gasteiger partial charge in [-0.15, -0.1) is 0 Å². The molecule has 0 radical (unpaired) electrons. The fraction of sp³-hybridized carbons (Fsp3) is 0.333. The maximum Gasteiger partial charge on any atom is 0.224 e. The van der Waals surface area contributed by atoms with Crippen LogP contribution in [0, 0.1) is 25.5 Å². The second-order valence-corrected chi connectivity index (χ2v) is 4.82. The first-order valence-corrected chi connectivity index (χ1v) is 6.77. The summed E-state index contributed by atoms with van der Waals surface area (Å²) in [5.41, 5.74) is 2.01. The normalized spacial score (nSPS) is 10.5. The van der Waals surface area contributed by atoms with Crippen molar-refractivity contribution in [3.63, 3.8) is 0 Å². The van der Waals surface area contributed by atoms with Crippen molar-refractivity contribution in [2.24, 2.45) is 0 Å². The van der Waals surface area contributed by atoms with E-state index >= 15 is 0 Å². The van der Waals surface area contributed by atoms with Gasteiger partial charge in [0.15, 0.2) is 11.6 Å². The highest BCUT2D eigenvalue weighted by molar-refractivity contribution is 5.42. The molecule has 0 saturated heterocycles. The van der Waals surface area contributed by atoms with Gasteiger partial charge in [0.2, 0.25) is 5.95 Å². The lowest BCUT2D eigenvalue weighted by Gasteiger charge is -2.10. The number of hydrogen-bond acceptors (Lipinski definition) is 4. The molecule has 0 aliphatic rings. The number of aryl methyl sites for hydroxylation is 2. The summed E-state index contributed by atoms with van der Waals surface area (Å²) in [5, 5.41) is 5.83. The SMILES string of the molecule is CCNc1ncc(F)c(NCc2cc(C)c(F)c(C)c2)n1. The van der Waals surface area contributed by atoms with E-state index in [1.54, 1.807) is 26.0 Å². The van der Waals surface area contributed by atoms with Crippen LogP contribution in [0.1, 0.15) is 23.6 Å². The Bertz CT molecular complexity index is 621. The van der Waals surface area contributed by atoms with Gasteiger partial charge < -0.3 is 10.6 Å². The number of nitrogens with one attached hydrogen (secondary N) is 2. The van der Waals surface area contributed by atoms with E-state index in [9.17, 15) is 8.78 Å². The van der Waals surface area contributed by atoms with Crippen LogP contribution in [0.3, 0.4) is 0 Å². The third-order valence-corrected chi connectivity index (χ3v) is 3.04. The van der Waals surface area contributed by atoms with Crippen molar-refractivity contribution in [1.82, 2.24) is 9.97 Å². The lowest BCUT2D eigenvalue weighted by molar-refractivity contribution is 0.608. The van der Waals surface area contributed by atoms with Crippen LogP contribution >= 0.6 is 0 Å². The van der Waals surface area contributed by atoms with Gasteiger partial charge in [0, 0.05) is 13.1 Å². The van der Waals surface area contributed by atoms with E-state index in [0.29, 0.717) is 30.2 Å². The van der Waals surface area contributed by atoms with Gasteiger partial charge in [-0.25, -0.2) is 13.8 Å². The average Bonchev–Trinajstić information content (AvgIpc) is 2.45. The molecule has 2 rings (SSSR count). The Labute approximate surface area is 122 Å². The monoisotopic (exact) mass is 292 g/mol. The topological polar surface area (TPSA) is 49.8 Å². The van der Waals surface area contributed by atoms with Crippen molar-refractivity contribution in [1.29, 1.82) is 0 Å². The van der Waals surface area contributed by atoms with Crippen molar-refractivity contribution in [2.75, 3.05) is 17.2 Å². The zero-order chi connectivity index (χ0) is 15.4. The zero-order valence-corrected chi connectivity index (χ0v) is 12.3. The summed E-state index contributed by atoms with van der Waals surface area (Å²) >= 11 is 0. The van der Waals surface area contributed by atoms with Gasteiger partial charge in [-0.1, -0.05) is 12.1 Å². The molecule has 0 saturated carbocycles. The molecule has 2 N–H and O–H groups in total. The Kier molecular flexibility index (Phi) is 4.67. The lowest BCUT2D eigenvalue weighted by Crippen LogP contribution is -2.09. The second-order valence-electron chi connectivity index (χ2n) is 4.82. The predicted octanol–water partition coefficient (Wildman–Crippen LogP) is 3.42. The van der Waals surface area contributed by atoms with E-state index in [2.05, 4.69) is 20.6 Å². The lowest BCUT2D eigenvalue weighted by atomic mass is 10.1. The number of anilines is 2. The van der Waals surface area contributed by atoms with Gasteiger partial charge in [0.25, 0.3) is 0 Å². The Balaban J connectivity index is 2.14. The van der Waals surface area contributed by atoms with E-state index in [1.165, 1.54) is 0 Å². The largest absolute Gasteiger partial charge is 0.363 e. The van der Waals surface area contributed by atoms with Crippen molar-refractivity contribution in [2.45, 2.75) is 27.3 Å². The van der Waals surface area contributed by atoms with Gasteiger partial charge in [-0.2, -0.15) is 4.98 Å². The number of nitrogens with zero attached hydrogens (tertiary/aromatic N) is 2.